The van der Waals surface area contributed by atoms with Crippen molar-refractivity contribution in [3.8, 4) is 0 Å². The number of anilines is 1. The number of carbonyl (C=O) groups excluding carboxylic acids is 1. The molecule has 3 nitrogen and oxygen atoms in total. The van der Waals surface area contributed by atoms with Crippen LogP contribution >= 0.6 is 15.9 Å². The molecule has 0 amide bonds. The highest BCUT2D eigenvalue weighted by molar-refractivity contribution is 9.10. The van der Waals surface area contributed by atoms with Crippen molar-refractivity contribution in [2.75, 3.05) is 12.3 Å². The zero-order valence-corrected chi connectivity index (χ0v) is 14.5. The summed E-state index contributed by atoms with van der Waals surface area (Å²) in [6.45, 7) is 10.6. The molecule has 0 aliphatic carbocycles. The van der Waals surface area contributed by atoms with E-state index < -0.39 is 0 Å². The van der Waals surface area contributed by atoms with Gasteiger partial charge in [0.05, 0.1) is 12.5 Å². The Morgan fingerprint density at radius 3 is 2.50 bits per heavy atom. The summed E-state index contributed by atoms with van der Waals surface area (Å²) in [5.74, 6) is -0.453. The quantitative estimate of drug-likeness (QED) is 0.653. The molecule has 0 saturated carbocycles. The van der Waals surface area contributed by atoms with Crippen molar-refractivity contribution in [3.05, 3.63) is 28.2 Å². The number of halogens is 1. The molecule has 0 aliphatic rings. The molecule has 2 unspecified atom stereocenters. The Hall–Kier alpha value is -1.03. The highest BCUT2D eigenvalue weighted by Crippen LogP contribution is 2.41. The van der Waals surface area contributed by atoms with E-state index >= 15 is 0 Å². The standard InChI is InChI=1S/C16H24BrNO2/c1-6-20-15(19)14(10(2)16(3,4)5)12-9-11(17)7-8-13(12)18/h7-10,14H,6,18H2,1-5H3. The van der Waals surface area contributed by atoms with Crippen molar-refractivity contribution in [1.82, 2.24) is 0 Å². The lowest BCUT2D eigenvalue weighted by Gasteiger charge is -2.34. The predicted molar refractivity (Wildman–Crippen MR) is 86.5 cm³/mol. The van der Waals surface area contributed by atoms with Crippen molar-refractivity contribution in [2.45, 2.75) is 40.5 Å². The van der Waals surface area contributed by atoms with E-state index in [-0.39, 0.29) is 23.2 Å². The van der Waals surface area contributed by atoms with Gasteiger partial charge in [0.15, 0.2) is 0 Å². The molecule has 112 valence electrons. The summed E-state index contributed by atoms with van der Waals surface area (Å²) in [5, 5.41) is 0. The zero-order chi connectivity index (χ0) is 15.5. The second-order valence-electron chi connectivity index (χ2n) is 6.16. The third-order valence-electron chi connectivity index (χ3n) is 3.79. The number of ether oxygens (including phenoxy) is 1. The van der Waals surface area contributed by atoms with Gasteiger partial charge in [-0.2, -0.15) is 0 Å². The molecular weight excluding hydrogens is 318 g/mol. The van der Waals surface area contributed by atoms with Gasteiger partial charge in [0.1, 0.15) is 0 Å². The normalized spacial score (nSPS) is 14.7. The number of esters is 1. The molecule has 4 heteroatoms. The van der Waals surface area contributed by atoms with Gasteiger partial charge in [-0.05, 0) is 42.0 Å². The maximum absolute atomic E-state index is 12.4. The number of nitrogen functional groups attached to an aromatic ring is 1. The summed E-state index contributed by atoms with van der Waals surface area (Å²) >= 11 is 3.44. The SMILES string of the molecule is CCOC(=O)C(c1cc(Br)ccc1N)C(C)C(C)(C)C. The minimum absolute atomic E-state index is 0.0216. The molecule has 1 aromatic carbocycles. The Bertz CT molecular complexity index is 480. The first-order valence-electron chi connectivity index (χ1n) is 6.90. The molecule has 1 rings (SSSR count). The summed E-state index contributed by atoms with van der Waals surface area (Å²) in [5.41, 5.74) is 7.52. The van der Waals surface area contributed by atoms with Crippen LogP contribution in [0, 0.1) is 11.3 Å². The molecule has 20 heavy (non-hydrogen) atoms. The second kappa shape index (κ2) is 6.61. The first-order valence-corrected chi connectivity index (χ1v) is 7.69. The van der Waals surface area contributed by atoms with Crippen LogP contribution in [0.1, 0.15) is 46.1 Å². The summed E-state index contributed by atoms with van der Waals surface area (Å²) in [7, 11) is 0. The smallest absolute Gasteiger partial charge is 0.313 e. The Balaban J connectivity index is 3.30. The molecule has 0 spiro atoms. The van der Waals surface area contributed by atoms with Gasteiger partial charge in [-0.15, -0.1) is 0 Å². The van der Waals surface area contributed by atoms with E-state index in [9.17, 15) is 4.79 Å². The first kappa shape index (κ1) is 17.0. The van der Waals surface area contributed by atoms with Crippen molar-refractivity contribution in [3.63, 3.8) is 0 Å². The molecular formula is C16H24BrNO2. The van der Waals surface area contributed by atoms with E-state index in [2.05, 4.69) is 43.6 Å². The molecule has 2 atom stereocenters. The molecule has 1 aromatic rings. The largest absolute Gasteiger partial charge is 0.466 e. The maximum Gasteiger partial charge on any atom is 0.313 e. The van der Waals surface area contributed by atoms with Gasteiger partial charge >= 0.3 is 5.97 Å². The minimum atomic E-state index is -0.354. The highest BCUT2D eigenvalue weighted by Gasteiger charge is 2.36. The van der Waals surface area contributed by atoms with E-state index in [0.29, 0.717) is 12.3 Å². The topological polar surface area (TPSA) is 52.3 Å². The average Bonchev–Trinajstić information content (AvgIpc) is 2.33. The summed E-state index contributed by atoms with van der Waals surface area (Å²) in [6, 6.07) is 5.61. The fraction of sp³-hybridized carbons (Fsp3) is 0.562. The molecule has 0 saturated heterocycles. The van der Waals surface area contributed by atoms with Crippen LogP contribution < -0.4 is 5.73 Å². The van der Waals surface area contributed by atoms with Crippen LogP contribution in [0.2, 0.25) is 0 Å². The van der Waals surface area contributed by atoms with E-state index in [1.807, 2.05) is 25.1 Å². The number of hydrogen-bond acceptors (Lipinski definition) is 3. The van der Waals surface area contributed by atoms with Crippen LogP contribution in [0.5, 0.6) is 0 Å². The van der Waals surface area contributed by atoms with Crippen molar-refractivity contribution in [1.29, 1.82) is 0 Å². The lowest BCUT2D eigenvalue weighted by Crippen LogP contribution is -2.31. The van der Waals surface area contributed by atoms with Crippen molar-refractivity contribution < 1.29 is 9.53 Å². The number of benzene rings is 1. The summed E-state index contributed by atoms with van der Waals surface area (Å²) in [4.78, 5) is 12.4. The zero-order valence-electron chi connectivity index (χ0n) is 12.9. The van der Waals surface area contributed by atoms with Gasteiger partial charge in [0.2, 0.25) is 0 Å². The predicted octanol–water partition coefficient (Wildman–Crippen LogP) is 4.36. The van der Waals surface area contributed by atoms with Gasteiger partial charge in [0, 0.05) is 10.2 Å². The Morgan fingerprint density at radius 1 is 1.40 bits per heavy atom. The van der Waals surface area contributed by atoms with Crippen LogP contribution in [0.3, 0.4) is 0 Å². The van der Waals surface area contributed by atoms with Gasteiger partial charge in [-0.3, -0.25) is 4.79 Å². The second-order valence-corrected chi connectivity index (χ2v) is 7.07. The monoisotopic (exact) mass is 341 g/mol. The molecule has 0 bridgehead atoms. The van der Waals surface area contributed by atoms with E-state index in [1.165, 1.54) is 0 Å². The number of nitrogens with two attached hydrogens (primary N) is 1. The van der Waals surface area contributed by atoms with Crippen LogP contribution in [0.25, 0.3) is 0 Å². The van der Waals surface area contributed by atoms with Gasteiger partial charge in [-0.25, -0.2) is 0 Å². The Morgan fingerprint density at radius 2 is 2.00 bits per heavy atom. The molecule has 0 radical (unpaired) electrons. The van der Waals surface area contributed by atoms with Gasteiger partial charge in [-0.1, -0.05) is 43.6 Å². The molecule has 0 aromatic heterocycles. The first-order chi connectivity index (χ1) is 9.18. The van der Waals surface area contributed by atoms with Crippen molar-refractivity contribution in [2.24, 2.45) is 11.3 Å². The fourth-order valence-corrected chi connectivity index (χ4v) is 2.53. The summed E-state index contributed by atoms with van der Waals surface area (Å²) in [6.07, 6.45) is 0. The Labute approximate surface area is 130 Å². The molecule has 0 heterocycles. The number of rotatable bonds is 4. The fourth-order valence-electron chi connectivity index (χ4n) is 2.15. The van der Waals surface area contributed by atoms with Crippen LogP contribution in [-0.4, -0.2) is 12.6 Å². The molecule has 0 aliphatic heterocycles. The average molecular weight is 342 g/mol. The third kappa shape index (κ3) is 3.98. The van der Waals surface area contributed by atoms with Crippen LogP contribution in [-0.2, 0) is 9.53 Å². The van der Waals surface area contributed by atoms with E-state index in [1.54, 1.807) is 0 Å². The highest BCUT2D eigenvalue weighted by atomic mass is 79.9. The van der Waals surface area contributed by atoms with Crippen LogP contribution in [0.4, 0.5) is 5.69 Å². The van der Waals surface area contributed by atoms with Crippen molar-refractivity contribution >= 4 is 27.6 Å². The molecule has 2 N–H and O–H groups in total. The van der Waals surface area contributed by atoms with Gasteiger partial charge in [0.25, 0.3) is 0 Å². The summed E-state index contributed by atoms with van der Waals surface area (Å²) < 4.78 is 6.17. The lowest BCUT2D eigenvalue weighted by atomic mass is 9.71. The van der Waals surface area contributed by atoms with Crippen LogP contribution in [0.15, 0.2) is 22.7 Å². The third-order valence-corrected chi connectivity index (χ3v) is 4.28. The van der Waals surface area contributed by atoms with E-state index in [4.69, 9.17) is 10.5 Å². The number of hydrogen-bond donors (Lipinski definition) is 1. The maximum atomic E-state index is 12.4. The number of carbonyl (C=O) groups is 1. The lowest BCUT2D eigenvalue weighted by molar-refractivity contribution is -0.147. The van der Waals surface area contributed by atoms with Gasteiger partial charge < -0.3 is 10.5 Å². The van der Waals surface area contributed by atoms with E-state index in [0.717, 1.165) is 10.0 Å². The minimum Gasteiger partial charge on any atom is -0.466 e. The molecule has 0 fully saturated rings. The Kier molecular flexibility index (Phi) is 5.63.